The van der Waals surface area contributed by atoms with Crippen LogP contribution in [0.1, 0.15) is 11.6 Å². The number of tetrazole rings is 1. The fraction of sp³-hybridized carbons (Fsp3) is 0.333. The first-order chi connectivity index (χ1) is 11.2. The first-order valence-electron chi connectivity index (χ1n) is 7.27. The van der Waals surface area contributed by atoms with Gasteiger partial charge < -0.3 is 15.0 Å². The third-order valence-corrected chi connectivity index (χ3v) is 3.67. The number of rotatable bonds is 6. The lowest BCUT2D eigenvalue weighted by molar-refractivity contribution is 0.311. The number of benzene rings is 1. The lowest BCUT2D eigenvalue weighted by Gasteiger charge is -2.25. The molecule has 3 rings (SSSR count). The third kappa shape index (κ3) is 3.37. The number of hydrogen-bond donors (Lipinski definition) is 1. The van der Waals surface area contributed by atoms with Crippen molar-refractivity contribution in [3.63, 3.8) is 0 Å². The van der Waals surface area contributed by atoms with Crippen LogP contribution in [0.4, 0.5) is 5.82 Å². The molecule has 0 aliphatic rings. The molecule has 3 aromatic rings. The average molecular weight is 313 g/mol. The minimum atomic E-state index is 0.201. The summed E-state index contributed by atoms with van der Waals surface area (Å²) in [5.41, 5.74) is 1.82. The maximum Gasteiger partial charge on any atom is 0.200 e. The van der Waals surface area contributed by atoms with Gasteiger partial charge in [0.2, 0.25) is 0 Å². The molecule has 0 fully saturated rings. The molecule has 8 nitrogen and oxygen atoms in total. The van der Waals surface area contributed by atoms with Crippen molar-refractivity contribution in [2.75, 3.05) is 33.1 Å². The Morgan fingerprint density at radius 1 is 1.17 bits per heavy atom. The summed E-state index contributed by atoms with van der Waals surface area (Å²) in [4.78, 5) is 2.16. The van der Waals surface area contributed by atoms with E-state index in [1.54, 1.807) is 7.11 Å². The van der Waals surface area contributed by atoms with Gasteiger partial charge in [-0.2, -0.15) is 0 Å². The summed E-state index contributed by atoms with van der Waals surface area (Å²) in [5, 5.41) is 18.9. The lowest BCUT2D eigenvalue weighted by Crippen LogP contribution is -2.27. The molecule has 1 aromatic carbocycles. The van der Waals surface area contributed by atoms with E-state index in [0.717, 1.165) is 11.6 Å². The van der Waals surface area contributed by atoms with Crippen LogP contribution in [0.3, 0.4) is 0 Å². The number of nitrogens with one attached hydrogen (secondary N) is 1. The Labute approximate surface area is 134 Å². The van der Waals surface area contributed by atoms with Crippen LogP contribution in [0, 0.1) is 0 Å². The second-order valence-electron chi connectivity index (χ2n) is 5.38. The zero-order valence-corrected chi connectivity index (χ0v) is 13.3. The van der Waals surface area contributed by atoms with E-state index in [9.17, 15) is 0 Å². The number of likely N-dealkylation sites (N-methyl/N-ethyl adjacent to an activating group) is 1. The Morgan fingerprint density at radius 3 is 2.65 bits per heavy atom. The van der Waals surface area contributed by atoms with E-state index in [-0.39, 0.29) is 6.04 Å². The molecule has 120 valence electrons. The molecule has 0 bridgehead atoms. The maximum atomic E-state index is 5.21. The maximum absolute atomic E-state index is 5.21. The van der Waals surface area contributed by atoms with Gasteiger partial charge in [-0.25, -0.2) is 0 Å². The summed E-state index contributed by atoms with van der Waals surface area (Å²) in [6, 6.07) is 12.0. The van der Waals surface area contributed by atoms with Gasteiger partial charge in [-0.05, 0) is 54.4 Å². The van der Waals surface area contributed by atoms with Crippen molar-refractivity contribution in [3.8, 4) is 5.75 Å². The Hall–Kier alpha value is -2.74. The van der Waals surface area contributed by atoms with Crippen LogP contribution in [0.15, 0.2) is 36.4 Å². The first-order valence-corrected chi connectivity index (χ1v) is 7.27. The highest BCUT2D eigenvalue weighted by atomic mass is 16.5. The van der Waals surface area contributed by atoms with Gasteiger partial charge in [-0.15, -0.1) is 14.8 Å². The van der Waals surface area contributed by atoms with E-state index < -0.39 is 0 Å². The number of methoxy groups -OCH3 is 1. The predicted molar refractivity (Wildman–Crippen MR) is 86.5 cm³/mol. The quantitative estimate of drug-likeness (QED) is 0.733. The molecule has 1 N–H and O–H groups in total. The van der Waals surface area contributed by atoms with Crippen LogP contribution in [-0.2, 0) is 0 Å². The second-order valence-corrected chi connectivity index (χ2v) is 5.38. The van der Waals surface area contributed by atoms with Crippen molar-refractivity contribution in [3.05, 3.63) is 42.0 Å². The van der Waals surface area contributed by atoms with Crippen LogP contribution < -0.4 is 10.1 Å². The molecule has 8 heteroatoms. The summed E-state index contributed by atoms with van der Waals surface area (Å²) in [7, 11) is 5.77. The molecule has 0 saturated carbocycles. The molecule has 0 radical (unpaired) electrons. The highest BCUT2D eigenvalue weighted by Crippen LogP contribution is 2.21. The van der Waals surface area contributed by atoms with E-state index >= 15 is 0 Å². The van der Waals surface area contributed by atoms with Crippen molar-refractivity contribution >= 4 is 11.5 Å². The molecule has 2 aromatic heterocycles. The normalized spacial score (nSPS) is 12.5. The van der Waals surface area contributed by atoms with Crippen molar-refractivity contribution < 1.29 is 4.74 Å². The summed E-state index contributed by atoms with van der Waals surface area (Å²) in [6.45, 7) is 0.708. The number of hydrogen-bond acceptors (Lipinski definition) is 7. The smallest absolute Gasteiger partial charge is 0.200 e. The fourth-order valence-corrected chi connectivity index (χ4v) is 2.37. The van der Waals surface area contributed by atoms with Crippen LogP contribution in [0.5, 0.6) is 5.75 Å². The Morgan fingerprint density at radius 2 is 1.96 bits per heavy atom. The van der Waals surface area contributed by atoms with Crippen molar-refractivity contribution in [1.29, 1.82) is 0 Å². The molecule has 0 aliphatic carbocycles. The Kier molecular flexibility index (Phi) is 4.33. The first kappa shape index (κ1) is 15.2. The van der Waals surface area contributed by atoms with Gasteiger partial charge >= 0.3 is 0 Å². The summed E-state index contributed by atoms with van der Waals surface area (Å²) in [6.07, 6.45) is 0. The van der Waals surface area contributed by atoms with Crippen LogP contribution in [0.2, 0.25) is 0 Å². The zero-order valence-electron chi connectivity index (χ0n) is 13.3. The molecule has 23 heavy (non-hydrogen) atoms. The summed E-state index contributed by atoms with van der Waals surface area (Å²) >= 11 is 0. The average Bonchev–Trinajstić information content (AvgIpc) is 3.03. The topological polar surface area (TPSA) is 80.5 Å². The van der Waals surface area contributed by atoms with Gasteiger partial charge in [-0.3, -0.25) is 0 Å². The zero-order chi connectivity index (χ0) is 16.2. The van der Waals surface area contributed by atoms with Gasteiger partial charge in [0.1, 0.15) is 11.6 Å². The van der Waals surface area contributed by atoms with Gasteiger partial charge in [0.05, 0.1) is 13.2 Å². The monoisotopic (exact) mass is 313 g/mol. The van der Waals surface area contributed by atoms with Crippen molar-refractivity contribution in [2.45, 2.75) is 6.04 Å². The van der Waals surface area contributed by atoms with Crippen LogP contribution >= 0.6 is 0 Å². The Balaban J connectivity index is 1.73. The lowest BCUT2D eigenvalue weighted by atomic mass is 10.1. The number of ether oxygens (including phenoxy) is 1. The SMILES string of the molecule is COc1ccc(C(CNc2ccc3nnnn3n2)N(C)C)cc1. The van der Waals surface area contributed by atoms with E-state index in [1.807, 2.05) is 24.3 Å². The molecule has 0 amide bonds. The van der Waals surface area contributed by atoms with Gasteiger partial charge in [0.15, 0.2) is 5.65 Å². The highest BCUT2D eigenvalue weighted by molar-refractivity contribution is 5.42. The van der Waals surface area contributed by atoms with E-state index in [1.165, 1.54) is 10.2 Å². The highest BCUT2D eigenvalue weighted by Gasteiger charge is 2.14. The summed E-state index contributed by atoms with van der Waals surface area (Å²) < 4.78 is 6.61. The molecule has 0 spiro atoms. The van der Waals surface area contributed by atoms with Crippen LogP contribution in [0.25, 0.3) is 5.65 Å². The minimum Gasteiger partial charge on any atom is -0.497 e. The minimum absolute atomic E-state index is 0.201. The van der Waals surface area contributed by atoms with Gasteiger partial charge in [-0.1, -0.05) is 12.1 Å². The van der Waals surface area contributed by atoms with Crippen LogP contribution in [-0.4, -0.2) is 57.9 Å². The molecule has 1 atom stereocenters. The third-order valence-electron chi connectivity index (χ3n) is 3.67. The van der Waals surface area contributed by atoms with Crippen molar-refractivity contribution in [1.82, 2.24) is 30.2 Å². The number of aromatic nitrogens is 5. The molecule has 0 saturated heterocycles. The van der Waals surface area contributed by atoms with E-state index in [0.29, 0.717) is 12.2 Å². The molecule has 0 aliphatic heterocycles. The molecular weight excluding hydrogens is 294 g/mol. The van der Waals surface area contributed by atoms with E-state index in [2.05, 4.69) is 57.1 Å². The molecule has 2 heterocycles. The van der Waals surface area contributed by atoms with Crippen molar-refractivity contribution in [2.24, 2.45) is 0 Å². The Bertz CT molecular complexity index is 769. The number of anilines is 1. The molecule has 1 unspecified atom stereocenters. The van der Waals surface area contributed by atoms with E-state index in [4.69, 9.17) is 4.74 Å². The fourth-order valence-electron chi connectivity index (χ4n) is 2.37. The molecular formula is C15H19N7O. The number of nitrogens with zero attached hydrogens (tertiary/aromatic N) is 6. The van der Waals surface area contributed by atoms with Gasteiger partial charge in [0, 0.05) is 6.54 Å². The predicted octanol–water partition coefficient (Wildman–Crippen LogP) is 1.24. The standard InChI is InChI=1S/C15H19N7O/c1-21(2)13(11-4-6-12(23-3)7-5-11)10-16-14-8-9-15-17-19-20-22(15)18-14/h4-9,13H,10H2,1-3H3,(H,16,18). The van der Waals surface area contributed by atoms with Gasteiger partial charge in [0.25, 0.3) is 0 Å². The largest absolute Gasteiger partial charge is 0.497 e. The summed E-state index contributed by atoms with van der Waals surface area (Å²) in [5.74, 6) is 1.58. The second kappa shape index (κ2) is 6.57. The number of fused-ring (bicyclic) bond motifs is 1.